The highest BCUT2D eigenvalue weighted by atomic mass is 19.1. The summed E-state index contributed by atoms with van der Waals surface area (Å²) in [6, 6.07) is 12.8. The number of nitrogens with zero attached hydrogens (tertiary/aromatic N) is 1. The predicted octanol–water partition coefficient (Wildman–Crippen LogP) is 2.78. The van der Waals surface area contributed by atoms with E-state index in [4.69, 9.17) is 4.74 Å². The third-order valence-electron chi connectivity index (χ3n) is 4.13. The number of amides is 1. The van der Waals surface area contributed by atoms with Gasteiger partial charge in [-0.2, -0.15) is 0 Å². The van der Waals surface area contributed by atoms with Crippen molar-refractivity contribution in [3.63, 3.8) is 0 Å². The second-order valence-electron chi connectivity index (χ2n) is 5.61. The zero-order chi connectivity index (χ0) is 16.4. The minimum absolute atomic E-state index is 0.201. The number of ether oxygens (including phenoxy) is 1. The van der Waals surface area contributed by atoms with Crippen molar-refractivity contribution in [2.75, 3.05) is 13.7 Å². The summed E-state index contributed by atoms with van der Waals surface area (Å²) >= 11 is 0. The Balaban J connectivity index is 1.93. The quantitative estimate of drug-likeness (QED) is 0.947. The molecule has 1 aliphatic heterocycles. The van der Waals surface area contributed by atoms with Crippen LogP contribution in [0.15, 0.2) is 48.5 Å². The van der Waals surface area contributed by atoms with Crippen LogP contribution in [0.3, 0.4) is 0 Å². The summed E-state index contributed by atoms with van der Waals surface area (Å²) in [6.45, 7) is 0.249. The molecule has 1 saturated heterocycles. The number of likely N-dealkylation sites (tertiary alicyclic amines) is 1. The molecular formula is C18H18FNO3. The van der Waals surface area contributed by atoms with E-state index in [1.165, 1.54) is 19.2 Å². The lowest BCUT2D eigenvalue weighted by atomic mass is 10.0. The van der Waals surface area contributed by atoms with Gasteiger partial charge in [-0.05, 0) is 36.2 Å². The van der Waals surface area contributed by atoms with Crippen molar-refractivity contribution in [2.45, 2.75) is 18.6 Å². The smallest absolute Gasteiger partial charge is 0.258 e. The van der Waals surface area contributed by atoms with E-state index in [0.29, 0.717) is 17.7 Å². The van der Waals surface area contributed by atoms with E-state index in [9.17, 15) is 14.3 Å². The molecule has 4 nitrogen and oxygen atoms in total. The molecule has 3 rings (SSSR count). The molecule has 1 fully saturated rings. The third kappa shape index (κ3) is 3.05. The molecule has 2 aromatic carbocycles. The van der Waals surface area contributed by atoms with Gasteiger partial charge in [0.25, 0.3) is 5.91 Å². The van der Waals surface area contributed by atoms with Gasteiger partial charge >= 0.3 is 0 Å². The zero-order valence-electron chi connectivity index (χ0n) is 12.8. The maximum absolute atomic E-state index is 13.1. The van der Waals surface area contributed by atoms with E-state index in [1.54, 1.807) is 41.3 Å². The maximum atomic E-state index is 13.1. The van der Waals surface area contributed by atoms with Gasteiger partial charge in [-0.15, -0.1) is 0 Å². The molecule has 0 aromatic heterocycles. The summed E-state index contributed by atoms with van der Waals surface area (Å²) in [6.07, 6.45) is -0.157. The van der Waals surface area contributed by atoms with Crippen molar-refractivity contribution < 1.29 is 19.0 Å². The second kappa shape index (κ2) is 6.38. The fourth-order valence-electron chi connectivity index (χ4n) is 3.02. The standard InChI is InChI=1S/C18H18FNO3/c1-23-17-5-3-2-4-15(17)18(22)20-11-14(21)10-16(20)12-6-8-13(19)9-7-12/h2-9,14,16,21H,10-11H2,1H3/t14-,16-/m1/s1. The van der Waals surface area contributed by atoms with Gasteiger partial charge in [0.15, 0.2) is 0 Å². The maximum Gasteiger partial charge on any atom is 0.258 e. The van der Waals surface area contributed by atoms with Crippen molar-refractivity contribution in [2.24, 2.45) is 0 Å². The van der Waals surface area contributed by atoms with Gasteiger partial charge in [0.1, 0.15) is 11.6 Å². The van der Waals surface area contributed by atoms with Crippen LogP contribution < -0.4 is 4.74 Å². The van der Waals surface area contributed by atoms with Crippen molar-refractivity contribution in [3.05, 3.63) is 65.5 Å². The first-order valence-electron chi connectivity index (χ1n) is 7.47. The van der Waals surface area contributed by atoms with Crippen LogP contribution in [0, 0.1) is 5.82 Å². The number of benzene rings is 2. The summed E-state index contributed by atoms with van der Waals surface area (Å²) < 4.78 is 18.4. The zero-order valence-corrected chi connectivity index (χ0v) is 12.8. The van der Waals surface area contributed by atoms with Crippen molar-refractivity contribution >= 4 is 5.91 Å². The van der Waals surface area contributed by atoms with E-state index in [2.05, 4.69) is 0 Å². The number of halogens is 1. The normalized spacial score (nSPS) is 20.6. The Bertz CT molecular complexity index is 702. The molecule has 23 heavy (non-hydrogen) atoms. The fourth-order valence-corrected chi connectivity index (χ4v) is 3.02. The molecule has 1 aliphatic rings. The number of β-amino-alcohol motifs (C(OH)–C–C–N with tert-alkyl or cyclic N) is 1. The molecule has 120 valence electrons. The minimum Gasteiger partial charge on any atom is -0.496 e. The molecule has 5 heteroatoms. The predicted molar refractivity (Wildman–Crippen MR) is 83.8 cm³/mol. The van der Waals surface area contributed by atoms with Crippen molar-refractivity contribution in [3.8, 4) is 5.75 Å². The molecule has 0 aliphatic carbocycles. The molecular weight excluding hydrogens is 297 g/mol. The van der Waals surface area contributed by atoms with Crippen molar-refractivity contribution in [1.29, 1.82) is 0 Å². The molecule has 2 atom stereocenters. The topological polar surface area (TPSA) is 49.8 Å². The van der Waals surface area contributed by atoms with E-state index in [0.717, 1.165) is 5.56 Å². The molecule has 0 bridgehead atoms. The monoisotopic (exact) mass is 315 g/mol. The number of carbonyl (C=O) groups is 1. The lowest BCUT2D eigenvalue weighted by Crippen LogP contribution is -2.32. The van der Waals surface area contributed by atoms with E-state index in [1.807, 2.05) is 0 Å². The number of carbonyl (C=O) groups excluding carboxylic acids is 1. The van der Waals surface area contributed by atoms with E-state index < -0.39 is 6.10 Å². The Kier molecular flexibility index (Phi) is 4.30. The Morgan fingerprint density at radius 2 is 1.91 bits per heavy atom. The highest BCUT2D eigenvalue weighted by Gasteiger charge is 2.36. The van der Waals surface area contributed by atoms with Crippen LogP contribution in [0.2, 0.25) is 0 Å². The second-order valence-corrected chi connectivity index (χ2v) is 5.61. The number of hydrogen-bond acceptors (Lipinski definition) is 3. The Labute approximate surface area is 134 Å². The first kappa shape index (κ1) is 15.5. The number of aliphatic hydroxyl groups is 1. The van der Waals surface area contributed by atoms with Crippen molar-refractivity contribution in [1.82, 2.24) is 4.90 Å². The van der Waals surface area contributed by atoms with Gasteiger partial charge in [-0.3, -0.25) is 4.79 Å². The summed E-state index contributed by atoms with van der Waals surface area (Å²) in [5.41, 5.74) is 1.27. The molecule has 2 aromatic rings. The Hall–Kier alpha value is -2.40. The Morgan fingerprint density at radius 1 is 1.22 bits per heavy atom. The number of rotatable bonds is 3. The number of aliphatic hydroxyl groups excluding tert-OH is 1. The average Bonchev–Trinajstić information content (AvgIpc) is 2.96. The minimum atomic E-state index is -0.594. The van der Waals surface area contributed by atoms with Gasteiger partial charge in [-0.25, -0.2) is 4.39 Å². The largest absolute Gasteiger partial charge is 0.496 e. The Morgan fingerprint density at radius 3 is 2.61 bits per heavy atom. The van der Waals surface area contributed by atoms with Gasteiger partial charge in [0.2, 0.25) is 0 Å². The van der Waals surface area contributed by atoms with Crippen LogP contribution in [-0.2, 0) is 0 Å². The molecule has 1 heterocycles. The van der Waals surface area contributed by atoms with Gasteiger partial charge in [0.05, 0.1) is 24.8 Å². The van der Waals surface area contributed by atoms with Crippen LogP contribution >= 0.6 is 0 Å². The molecule has 0 saturated carbocycles. The first-order valence-corrected chi connectivity index (χ1v) is 7.47. The molecule has 1 amide bonds. The summed E-state index contributed by atoms with van der Waals surface area (Å²) in [5.74, 6) is -0.0278. The average molecular weight is 315 g/mol. The van der Waals surface area contributed by atoms with Gasteiger partial charge < -0.3 is 14.7 Å². The lowest BCUT2D eigenvalue weighted by Gasteiger charge is -2.25. The van der Waals surface area contributed by atoms with E-state index >= 15 is 0 Å². The van der Waals surface area contributed by atoms with Gasteiger partial charge in [-0.1, -0.05) is 24.3 Å². The van der Waals surface area contributed by atoms with Crippen LogP contribution in [0.25, 0.3) is 0 Å². The van der Waals surface area contributed by atoms with Gasteiger partial charge in [0, 0.05) is 6.54 Å². The van der Waals surface area contributed by atoms with E-state index in [-0.39, 0.29) is 24.3 Å². The highest BCUT2D eigenvalue weighted by molar-refractivity contribution is 5.97. The number of methoxy groups -OCH3 is 1. The third-order valence-corrected chi connectivity index (χ3v) is 4.13. The van der Waals surface area contributed by atoms with Crippen LogP contribution in [0.1, 0.15) is 28.4 Å². The number of para-hydroxylation sites is 1. The molecule has 0 unspecified atom stereocenters. The molecule has 0 radical (unpaired) electrons. The molecule has 1 N–H and O–H groups in total. The SMILES string of the molecule is COc1ccccc1C(=O)N1C[C@H](O)C[C@@H]1c1ccc(F)cc1. The summed E-state index contributed by atoms with van der Waals surface area (Å²) in [4.78, 5) is 14.5. The first-order chi connectivity index (χ1) is 11.1. The molecule has 0 spiro atoms. The summed E-state index contributed by atoms with van der Waals surface area (Å²) in [5, 5.41) is 10.0. The van der Waals surface area contributed by atoms with Crippen LogP contribution in [-0.4, -0.2) is 35.7 Å². The van der Waals surface area contributed by atoms with Crippen LogP contribution in [0.5, 0.6) is 5.75 Å². The fraction of sp³-hybridized carbons (Fsp3) is 0.278. The van der Waals surface area contributed by atoms with Crippen LogP contribution in [0.4, 0.5) is 4.39 Å². The highest BCUT2D eigenvalue weighted by Crippen LogP contribution is 2.34. The lowest BCUT2D eigenvalue weighted by molar-refractivity contribution is 0.0712. The summed E-state index contributed by atoms with van der Waals surface area (Å²) in [7, 11) is 1.52. The number of hydrogen-bond donors (Lipinski definition) is 1.